The number of aliphatic hydroxyl groups excluding tert-OH is 4. The summed E-state index contributed by atoms with van der Waals surface area (Å²) in [6.07, 6.45) is -7.04. The molecule has 1 amide bonds. The van der Waals surface area contributed by atoms with Gasteiger partial charge in [0.2, 0.25) is 11.6 Å². The second-order valence-electron chi connectivity index (χ2n) is 12.6. The Balaban J connectivity index is 1.17. The van der Waals surface area contributed by atoms with Crippen molar-refractivity contribution < 1.29 is 58.7 Å². The monoisotopic (exact) mass is 626 g/mol. The minimum absolute atomic E-state index is 0.0338. The number of nitrogens with zero attached hydrogens (tertiary/aromatic N) is 5. The van der Waals surface area contributed by atoms with Gasteiger partial charge in [0.05, 0.1) is 19.1 Å². The zero-order chi connectivity index (χ0) is 31.0. The first-order valence-electron chi connectivity index (χ1n) is 15.0. The van der Waals surface area contributed by atoms with Gasteiger partial charge in [-0.1, -0.05) is 0 Å². The van der Waals surface area contributed by atoms with Crippen LogP contribution in [0.15, 0.2) is 0 Å². The van der Waals surface area contributed by atoms with Gasteiger partial charge in [-0.3, -0.25) is 29.1 Å². The normalized spacial score (nSPS) is 47.4. The van der Waals surface area contributed by atoms with Gasteiger partial charge in [0.25, 0.3) is 0 Å². The molecule has 18 heteroatoms. The van der Waals surface area contributed by atoms with Crippen molar-refractivity contribution in [2.75, 3.05) is 65.6 Å². The maximum Gasteiger partial charge on any atom is 0.339 e. The van der Waals surface area contributed by atoms with Crippen molar-refractivity contribution in [2.45, 2.75) is 73.4 Å². The second-order valence-corrected chi connectivity index (χ2v) is 12.6. The lowest BCUT2D eigenvalue weighted by atomic mass is 9.96. The number of aliphatic hydroxyl groups is 4. The fourth-order valence-electron chi connectivity index (χ4n) is 7.81. The van der Waals surface area contributed by atoms with E-state index in [9.17, 15) is 39.6 Å². The van der Waals surface area contributed by atoms with Crippen LogP contribution in [0.5, 0.6) is 0 Å². The molecule has 5 N–H and O–H groups in total. The molecule has 18 nitrogen and oxygen atoms in total. The summed E-state index contributed by atoms with van der Waals surface area (Å²) in [6, 6.07) is -0.628. The predicted octanol–water partition coefficient (Wildman–Crippen LogP) is -5.70. The number of hydroxylamine groups is 2. The van der Waals surface area contributed by atoms with Gasteiger partial charge in [0.15, 0.2) is 12.0 Å². The van der Waals surface area contributed by atoms with Crippen LogP contribution < -0.4 is 5.32 Å². The van der Waals surface area contributed by atoms with E-state index >= 15 is 0 Å². The average Bonchev–Trinajstić information content (AvgIpc) is 3.59. The Morgan fingerprint density at radius 2 is 1.75 bits per heavy atom. The number of rotatable bonds is 4. The molecule has 0 aliphatic carbocycles. The molecule has 0 saturated carbocycles. The van der Waals surface area contributed by atoms with Gasteiger partial charge >= 0.3 is 17.9 Å². The van der Waals surface area contributed by atoms with Crippen molar-refractivity contribution in [2.24, 2.45) is 0 Å². The number of esters is 2. The molecule has 0 aromatic heterocycles. The average molecular weight is 627 g/mol. The number of ether oxygens (including phenoxy) is 3. The Kier molecular flexibility index (Phi) is 7.59. The van der Waals surface area contributed by atoms with Crippen LogP contribution in [-0.4, -0.2) is 189 Å². The highest BCUT2D eigenvalue weighted by Crippen LogP contribution is 2.63. The van der Waals surface area contributed by atoms with Crippen molar-refractivity contribution in [3.8, 4) is 0 Å². The molecule has 244 valence electrons. The highest BCUT2D eigenvalue weighted by molar-refractivity contribution is 5.80. The third-order valence-corrected chi connectivity index (χ3v) is 10.1. The summed E-state index contributed by atoms with van der Waals surface area (Å²) in [5.74, 6) is -1.60. The molecular formula is C26H38N6O12. The molecule has 0 radical (unpaired) electrons. The molecule has 12 atom stereocenters. The Morgan fingerprint density at radius 3 is 2.52 bits per heavy atom. The summed E-state index contributed by atoms with van der Waals surface area (Å²) < 4.78 is 16.5. The van der Waals surface area contributed by atoms with Gasteiger partial charge in [0, 0.05) is 58.3 Å². The molecule has 7 saturated heterocycles. The quantitative estimate of drug-likeness (QED) is 0.145. The van der Waals surface area contributed by atoms with E-state index < -0.39 is 54.0 Å². The van der Waals surface area contributed by atoms with Crippen LogP contribution in [0.1, 0.15) is 19.3 Å². The topological polar surface area (TPSA) is 214 Å². The summed E-state index contributed by atoms with van der Waals surface area (Å²) >= 11 is 0. The van der Waals surface area contributed by atoms with E-state index in [1.165, 1.54) is 0 Å². The van der Waals surface area contributed by atoms with Gasteiger partial charge in [-0.2, -0.15) is 0 Å². The first kappa shape index (κ1) is 30.2. The lowest BCUT2D eigenvalue weighted by molar-refractivity contribution is -0.280. The molecule has 4 bridgehead atoms. The summed E-state index contributed by atoms with van der Waals surface area (Å²) in [5.41, 5.74) is -2.11. The van der Waals surface area contributed by atoms with Gasteiger partial charge in [-0.15, -0.1) is 5.06 Å². The smallest absolute Gasteiger partial charge is 0.339 e. The van der Waals surface area contributed by atoms with Crippen molar-refractivity contribution >= 4 is 23.8 Å². The molecule has 7 heterocycles. The number of fused-ring (bicyclic) bond motifs is 3. The van der Waals surface area contributed by atoms with Crippen LogP contribution in [0.25, 0.3) is 0 Å². The number of carbonyl (C=O) groups excluding carboxylic acids is 4. The van der Waals surface area contributed by atoms with E-state index in [0.29, 0.717) is 39.1 Å². The van der Waals surface area contributed by atoms with Crippen LogP contribution in [0.3, 0.4) is 0 Å². The molecule has 0 aromatic carbocycles. The van der Waals surface area contributed by atoms with Gasteiger partial charge in [-0.25, -0.2) is 9.69 Å². The summed E-state index contributed by atoms with van der Waals surface area (Å²) in [5, 5.41) is 44.2. The predicted molar refractivity (Wildman–Crippen MR) is 140 cm³/mol. The Hall–Kier alpha value is -2.52. The fourth-order valence-corrected chi connectivity index (χ4v) is 7.81. The number of nitrogens with one attached hydrogen (secondary N) is 1. The summed E-state index contributed by atoms with van der Waals surface area (Å²) in [4.78, 5) is 65.0. The maximum atomic E-state index is 13.3. The van der Waals surface area contributed by atoms with Crippen molar-refractivity contribution in [3.05, 3.63) is 0 Å². The van der Waals surface area contributed by atoms with Crippen LogP contribution in [0, 0.1) is 0 Å². The van der Waals surface area contributed by atoms with Crippen LogP contribution in [0.4, 0.5) is 0 Å². The van der Waals surface area contributed by atoms with Crippen LogP contribution in [-0.2, 0) is 38.2 Å². The Labute approximate surface area is 251 Å². The van der Waals surface area contributed by atoms with Crippen molar-refractivity contribution in [1.82, 2.24) is 30.0 Å². The highest BCUT2D eigenvalue weighted by Gasteiger charge is 2.87. The van der Waals surface area contributed by atoms with E-state index in [2.05, 4.69) is 5.32 Å². The first-order chi connectivity index (χ1) is 21.0. The molecule has 7 aliphatic rings. The fraction of sp³-hybridized carbons (Fsp3) is 0.846. The number of amides is 1. The number of carbonyl (C=O) groups is 4. The van der Waals surface area contributed by atoms with Crippen molar-refractivity contribution in [1.29, 1.82) is 0 Å². The zero-order valence-corrected chi connectivity index (χ0v) is 24.0. The lowest BCUT2D eigenvalue weighted by Crippen LogP contribution is -2.64. The molecular weight excluding hydrogens is 588 g/mol. The number of hydrogen-bond acceptors (Lipinski definition) is 17. The molecule has 44 heavy (non-hydrogen) atoms. The van der Waals surface area contributed by atoms with Gasteiger partial charge in [0.1, 0.15) is 37.6 Å². The first-order valence-corrected chi connectivity index (χ1v) is 15.0. The highest BCUT2D eigenvalue weighted by atomic mass is 16.7. The van der Waals surface area contributed by atoms with Crippen LogP contribution >= 0.6 is 0 Å². The number of hydrogen-bond donors (Lipinski definition) is 5. The molecule has 0 aromatic rings. The second kappa shape index (κ2) is 11.1. The zero-order valence-electron chi connectivity index (χ0n) is 24.0. The Morgan fingerprint density at radius 1 is 0.955 bits per heavy atom. The van der Waals surface area contributed by atoms with Gasteiger partial charge < -0.3 is 44.8 Å². The maximum absolute atomic E-state index is 13.3. The van der Waals surface area contributed by atoms with Crippen LogP contribution in [0.2, 0.25) is 0 Å². The summed E-state index contributed by atoms with van der Waals surface area (Å²) in [7, 11) is 0. The van der Waals surface area contributed by atoms with E-state index in [1.807, 2.05) is 19.6 Å². The molecule has 8 unspecified atom stereocenters. The van der Waals surface area contributed by atoms with Crippen molar-refractivity contribution in [3.63, 3.8) is 0 Å². The minimum atomic E-state index is -1.73. The lowest BCUT2D eigenvalue weighted by Gasteiger charge is -2.43. The molecule has 7 fully saturated rings. The largest absolute Gasteiger partial charge is 0.449 e. The third-order valence-electron chi connectivity index (χ3n) is 10.1. The van der Waals surface area contributed by atoms with E-state index in [1.54, 1.807) is 5.06 Å². The SMILES string of the molecule is O=C(CN1CCN2COC(=O)CCC2C2CN3CCN4C5(CC(=O)O5)C4(C1)N2OC(=O)C3)NC[C@H]1OC(O)[C@H](O)[C@@H](O)[C@@H]1O. The summed E-state index contributed by atoms with van der Waals surface area (Å²) in [6.45, 7) is 2.20. The molecule has 7 rings (SSSR count). The van der Waals surface area contributed by atoms with Gasteiger partial charge in [-0.05, 0) is 6.42 Å². The van der Waals surface area contributed by atoms with E-state index in [0.717, 1.165) is 0 Å². The number of cyclic esters (lactones) is 1. The third kappa shape index (κ3) is 4.79. The molecule has 2 spiro atoms. The van der Waals surface area contributed by atoms with E-state index in [4.69, 9.17) is 19.0 Å². The minimum Gasteiger partial charge on any atom is -0.449 e. The molecule has 7 aliphatic heterocycles. The standard InChI is InChI=1S/C26H38N6O12/c33-17(27-8-16-21(37)22(38)23(39)24(40)42-16)10-29-3-5-30-13-41-18(34)2-1-14(30)15-9-28-4-6-31-25(12-29,26(31)7-19(35)43-26)32(15)44-20(36)11-28/h14-16,21-24,37-40H,1-13H2,(H,27,33)/t14?,15?,16-,21-,22+,23-,24?,25?,26?,31?/m1/s1. The Bertz CT molecular complexity index is 1200. The van der Waals surface area contributed by atoms with E-state index in [-0.39, 0.29) is 69.8 Å².